The number of hydrogen-bond donors (Lipinski definition) is 1. The summed E-state index contributed by atoms with van der Waals surface area (Å²) in [5.41, 5.74) is 1.32. The van der Waals surface area contributed by atoms with Crippen molar-refractivity contribution in [3.8, 4) is 11.3 Å². The van der Waals surface area contributed by atoms with E-state index in [0.717, 1.165) is 10.0 Å². The molecule has 1 N–H and O–H groups in total. The molecule has 8 nitrogen and oxygen atoms in total. The summed E-state index contributed by atoms with van der Waals surface area (Å²) in [7, 11) is 0. The van der Waals surface area contributed by atoms with E-state index in [4.69, 9.17) is 4.74 Å². The van der Waals surface area contributed by atoms with Gasteiger partial charge >= 0.3 is 6.09 Å². The number of amides is 2. The van der Waals surface area contributed by atoms with E-state index in [1.54, 1.807) is 17.9 Å². The topological polar surface area (TPSA) is 93.5 Å². The van der Waals surface area contributed by atoms with Crippen LogP contribution in [0.5, 0.6) is 0 Å². The lowest BCUT2D eigenvalue weighted by atomic mass is 10.1. The molecule has 30 heavy (non-hydrogen) atoms. The van der Waals surface area contributed by atoms with Gasteiger partial charge in [-0.1, -0.05) is 28.1 Å². The Morgan fingerprint density at radius 3 is 2.53 bits per heavy atom. The summed E-state index contributed by atoms with van der Waals surface area (Å²) in [5, 5.41) is 7.38. The Bertz CT molecular complexity index is 937. The van der Waals surface area contributed by atoms with Crippen LogP contribution in [0.25, 0.3) is 11.3 Å². The summed E-state index contributed by atoms with van der Waals surface area (Å²) < 4.78 is 7.28. The number of benzene rings is 1. The molecule has 1 aromatic carbocycles. The molecule has 1 saturated heterocycles. The van der Waals surface area contributed by atoms with Crippen molar-refractivity contribution in [2.24, 2.45) is 0 Å². The van der Waals surface area contributed by atoms with Gasteiger partial charge < -0.3 is 15.0 Å². The molecule has 0 unspecified atom stereocenters. The van der Waals surface area contributed by atoms with Crippen LogP contribution in [-0.2, 0) is 16.1 Å². The number of rotatable bonds is 6. The van der Waals surface area contributed by atoms with Gasteiger partial charge in [0.1, 0.15) is 0 Å². The van der Waals surface area contributed by atoms with Gasteiger partial charge in [-0.15, -0.1) is 0 Å². The first-order valence-corrected chi connectivity index (χ1v) is 10.8. The number of carbonyl (C=O) groups excluding carboxylic acids is 2. The van der Waals surface area contributed by atoms with Crippen LogP contribution >= 0.6 is 15.9 Å². The number of halogens is 1. The van der Waals surface area contributed by atoms with Crippen LogP contribution in [0.3, 0.4) is 0 Å². The van der Waals surface area contributed by atoms with Gasteiger partial charge in [-0.25, -0.2) is 9.48 Å². The molecule has 9 heteroatoms. The predicted octanol–water partition coefficient (Wildman–Crippen LogP) is 2.80. The third-order valence-electron chi connectivity index (χ3n) is 4.94. The molecule has 1 aromatic heterocycles. The summed E-state index contributed by atoms with van der Waals surface area (Å²) in [6.45, 7) is 3.45. The largest absolute Gasteiger partial charge is 0.450 e. The highest BCUT2D eigenvalue weighted by Gasteiger charge is 2.24. The van der Waals surface area contributed by atoms with Crippen LogP contribution in [0.2, 0.25) is 0 Å². The molecule has 2 heterocycles. The number of piperidine rings is 1. The summed E-state index contributed by atoms with van der Waals surface area (Å²) in [5.74, 6) is -0.132. The molecule has 1 aliphatic heterocycles. The average Bonchev–Trinajstić information content (AvgIpc) is 2.74. The molecule has 0 radical (unpaired) electrons. The second kappa shape index (κ2) is 10.4. The van der Waals surface area contributed by atoms with Crippen molar-refractivity contribution in [1.29, 1.82) is 0 Å². The molecule has 160 valence electrons. The number of ether oxygens (including phenoxy) is 1. The van der Waals surface area contributed by atoms with Crippen LogP contribution < -0.4 is 10.9 Å². The fourth-order valence-electron chi connectivity index (χ4n) is 3.31. The Morgan fingerprint density at radius 2 is 1.87 bits per heavy atom. The predicted molar refractivity (Wildman–Crippen MR) is 116 cm³/mol. The minimum absolute atomic E-state index is 0.0157. The van der Waals surface area contributed by atoms with Crippen molar-refractivity contribution < 1.29 is 14.3 Å². The van der Waals surface area contributed by atoms with Crippen LogP contribution in [0.4, 0.5) is 4.79 Å². The molecule has 1 fully saturated rings. The van der Waals surface area contributed by atoms with Gasteiger partial charge in [0.25, 0.3) is 5.56 Å². The molecule has 0 saturated carbocycles. The zero-order chi connectivity index (χ0) is 21.5. The molecule has 1 aliphatic rings. The quantitative estimate of drug-likeness (QED) is 0.691. The van der Waals surface area contributed by atoms with Gasteiger partial charge in [0.2, 0.25) is 5.91 Å². The van der Waals surface area contributed by atoms with E-state index < -0.39 is 0 Å². The maximum atomic E-state index is 12.3. The van der Waals surface area contributed by atoms with Gasteiger partial charge in [-0.3, -0.25) is 9.59 Å². The Hall–Kier alpha value is -2.68. The van der Waals surface area contributed by atoms with E-state index in [2.05, 4.69) is 26.3 Å². The first-order chi connectivity index (χ1) is 14.5. The van der Waals surface area contributed by atoms with Crippen molar-refractivity contribution in [3.63, 3.8) is 0 Å². The Labute approximate surface area is 183 Å². The molecule has 0 spiro atoms. The number of nitrogens with zero attached hydrogens (tertiary/aromatic N) is 3. The van der Waals surface area contributed by atoms with E-state index in [-0.39, 0.29) is 36.6 Å². The highest BCUT2D eigenvalue weighted by atomic mass is 79.9. The first kappa shape index (κ1) is 22.0. The molecule has 0 aliphatic carbocycles. The fourth-order valence-corrected chi connectivity index (χ4v) is 3.58. The summed E-state index contributed by atoms with van der Waals surface area (Å²) in [6, 6.07) is 10.8. The minimum atomic E-state index is -0.307. The fraction of sp³-hybridized carbons (Fsp3) is 0.429. The number of nitrogens with one attached hydrogen (secondary N) is 1. The van der Waals surface area contributed by atoms with Crippen LogP contribution in [0.1, 0.15) is 26.2 Å². The van der Waals surface area contributed by atoms with Crippen LogP contribution in [0.15, 0.2) is 45.7 Å². The zero-order valence-electron chi connectivity index (χ0n) is 16.8. The van der Waals surface area contributed by atoms with Gasteiger partial charge in [-0.05, 0) is 38.0 Å². The van der Waals surface area contributed by atoms with E-state index in [1.165, 1.54) is 10.7 Å². The van der Waals surface area contributed by atoms with Crippen molar-refractivity contribution in [2.45, 2.75) is 38.8 Å². The maximum Gasteiger partial charge on any atom is 0.409 e. The van der Waals surface area contributed by atoms with Crippen LogP contribution in [-0.4, -0.2) is 52.4 Å². The lowest BCUT2D eigenvalue weighted by Gasteiger charge is -2.31. The highest BCUT2D eigenvalue weighted by molar-refractivity contribution is 9.10. The second-order valence-electron chi connectivity index (χ2n) is 7.06. The Balaban J connectivity index is 1.51. The number of hydrogen-bond acceptors (Lipinski definition) is 5. The van der Waals surface area contributed by atoms with E-state index in [9.17, 15) is 14.4 Å². The third-order valence-corrected chi connectivity index (χ3v) is 5.47. The lowest BCUT2D eigenvalue weighted by Crippen LogP contribution is -2.46. The van der Waals surface area contributed by atoms with Crippen molar-refractivity contribution >= 4 is 27.9 Å². The third kappa shape index (κ3) is 5.91. The number of carbonyl (C=O) groups is 2. The van der Waals surface area contributed by atoms with Crippen LogP contribution in [0, 0.1) is 0 Å². The van der Waals surface area contributed by atoms with Crippen molar-refractivity contribution in [3.05, 3.63) is 51.2 Å². The van der Waals surface area contributed by atoms with E-state index in [1.807, 2.05) is 24.3 Å². The zero-order valence-corrected chi connectivity index (χ0v) is 18.4. The summed E-state index contributed by atoms with van der Waals surface area (Å²) in [6.07, 6.45) is 1.22. The van der Waals surface area contributed by atoms with Crippen molar-refractivity contribution in [2.75, 3.05) is 19.7 Å². The second-order valence-corrected chi connectivity index (χ2v) is 7.98. The Morgan fingerprint density at radius 1 is 1.17 bits per heavy atom. The number of aromatic nitrogens is 2. The first-order valence-electron chi connectivity index (χ1n) is 10.0. The molecule has 3 rings (SSSR count). The molecule has 0 atom stereocenters. The molecule has 2 aromatic rings. The smallest absolute Gasteiger partial charge is 0.409 e. The SMILES string of the molecule is CCOC(=O)N1CCC(NC(=O)CCn2nc(-c3ccc(Br)cc3)ccc2=O)CC1. The average molecular weight is 477 g/mol. The molecule has 2 amide bonds. The van der Waals surface area contributed by atoms with E-state index in [0.29, 0.717) is 38.2 Å². The minimum Gasteiger partial charge on any atom is -0.450 e. The number of likely N-dealkylation sites (tertiary alicyclic amines) is 1. The summed E-state index contributed by atoms with van der Waals surface area (Å²) in [4.78, 5) is 37.9. The van der Waals surface area contributed by atoms with Gasteiger partial charge in [0, 0.05) is 41.7 Å². The molecular weight excluding hydrogens is 452 g/mol. The van der Waals surface area contributed by atoms with Gasteiger partial charge in [-0.2, -0.15) is 5.10 Å². The van der Waals surface area contributed by atoms with E-state index >= 15 is 0 Å². The number of aryl methyl sites for hydroxylation is 1. The van der Waals surface area contributed by atoms with Gasteiger partial charge in [0.05, 0.1) is 18.8 Å². The highest BCUT2D eigenvalue weighted by Crippen LogP contribution is 2.18. The van der Waals surface area contributed by atoms with Crippen molar-refractivity contribution in [1.82, 2.24) is 20.0 Å². The Kier molecular flexibility index (Phi) is 7.62. The summed E-state index contributed by atoms with van der Waals surface area (Å²) >= 11 is 3.40. The molecular formula is C21H25BrN4O4. The molecule has 0 bridgehead atoms. The normalized spacial score (nSPS) is 14.4. The monoisotopic (exact) mass is 476 g/mol. The standard InChI is InChI=1S/C21H25BrN4O4/c1-2-30-21(29)25-12-9-17(10-13-25)23-19(27)11-14-26-20(28)8-7-18(24-26)15-3-5-16(22)6-4-15/h3-8,17H,2,9-14H2,1H3,(H,23,27). The van der Waals surface area contributed by atoms with Gasteiger partial charge in [0.15, 0.2) is 0 Å². The maximum absolute atomic E-state index is 12.3. The lowest BCUT2D eigenvalue weighted by molar-refractivity contribution is -0.122.